The molecule has 2 aromatic rings. The van der Waals surface area contributed by atoms with E-state index in [1.165, 1.54) is 0 Å². The first-order chi connectivity index (χ1) is 15.3. The van der Waals surface area contributed by atoms with Crippen molar-refractivity contribution < 1.29 is 27.3 Å². The average Bonchev–Trinajstić information content (AvgIpc) is 3.47. The number of carbonyl (C=O) groups is 2. The Morgan fingerprint density at radius 1 is 1.19 bits per heavy atom. The molecule has 0 spiro atoms. The van der Waals surface area contributed by atoms with Gasteiger partial charge in [-0.15, -0.1) is 0 Å². The molecule has 0 unspecified atom stereocenters. The number of carbonyl (C=O) groups excluding carboxylic acids is 2. The smallest absolute Gasteiger partial charge is 0.344 e. The highest BCUT2D eigenvalue weighted by Gasteiger charge is 2.56. The van der Waals surface area contributed by atoms with E-state index in [0.29, 0.717) is 24.8 Å². The standard InChI is InChI=1S/C22H23F3N4O3/c23-22(24,25)16-9-8-15(18(30)26-16)19(31)29-11-14-7-4-10-21(14,12-29)20-27-17(28-32-20)13-5-2-1-3-6-13/h1-3,5-6,14-16H,4,7-12H2,(H,26,30)/t14-,15+,16+,21-/m1/s1. The summed E-state index contributed by atoms with van der Waals surface area (Å²) in [5.74, 6) is -1.27. The Bertz CT molecular complexity index is 1020. The molecule has 1 aromatic heterocycles. The molecule has 170 valence electrons. The van der Waals surface area contributed by atoms with E-state index < -0.39 is 35.4 Å². The summed E-state index contributed by atoms with van der Waals surface area (Å²) in [6.45, 7) is 0.772. The predicted octanol–water partition coefficient (Wildman–Crippen LogP) is 3.07. The van der Waals surface area contributed by atoms with E-state index in [4.69, 9.17) is 4.52 Å². The fourth-order valence-corrected chi connectivity index (χ4v) is 5.45. The van der Waals surface area contributed by atoms with E-state index in [1.54, 1.807) is 4.90 Å². The maximum atomic E-state index is 13.1. The quantitative estimate of drug-likeness (QED) is 0.730. The number of amides is 2. The average molecular weight is 448 g/mol. The van der Waals surface area contributed by atoms with E-state index >= 15 is 0 Å². The van der Waals surface area contributed by atoms with Gasteiger partial charge < -0.3 is 14.7 Å². The second kappa shape index (κ2) is 7.60. The summed E-state index contributed by atoms with van der Waals surface area (Å²) in [6, 6.07) is 7.55. The zero-order chi connectivity index (χ0) is 22.5. The molecule has 10 heteroatoms. The topological polar surface area (TPSA) is 88.3 Å². The first-order valence-electron chi connectivity index (χ1n) is 10.8. The number of halogens is 3. The van der Waals surface area contributed by atoms with Crippen molar-refractivity contribution in [1.82, 2.24) is 20.4 Å². The number of rotatable bonds is 3. The summed E-state index contributed by atoms with van der Waals surface area (Å²) in [5.41, 5.74) is 0.354. The minimum Gasteiger partial charge on any atom is -0.344 e. The normalized spacial score (nSPS) is 30.3. The molecule has 7 nitrogen and oxygen atoms in total. The lowest BCUT2D eigenvalue weighted by Crippen LogP contribution is -2.55. The molecule has 3 aliphatic rings. The molecule has 1 N–H and O–H groups in total. The number of hydrogen-bond donors (Lipinski definition) is 1. The van der Waals surface area contributed by atoms with Gasteiger partial charge in [-0.3, -0.25) is 9.59 Å². The summed E-state index contributed by atoms with van der Waals surface area (Å²) in [6.07, 6.45) is -2.27. The minimum absolute atomic E-state index is 0.109. The van der Waals surface area contributed by atoms with Crippen LogP contribution in [0.4, 0.5) is 13.2 Å². The fraction of sp³-hybridized carbons (Fsp3) is 0.545. The number of nitrogens with zero attached hydrogens (tertiary/aromatic N) is 3. The lowest BCUT2D eigenvalue weighted by molar-refractivity contribution is -0.172. The lowest BCUT2D eigenvalue weighted by Gasteiger charge is -2.32. The van der Waals surface area contributed by atoms with Gasteiger partial charge in [0, 0.05) is 18.7 Å². The minimum atomic E-state index is -4.51. The molecule has 1 aromatic carbocycles. The number of alkyl halides is 3. The Morgan fingerprint density at radius 2 is 1.97 bits per heavy atom. The Kier molecular flexibility index (Phi) is 4.98. The van der Waals surface area contributed by atoms with Crippen molar-refractivity contribution in [3.8, 4) is 11.4 Å². The van der Waals surface area contributed by atoms with Crippen LogP contribution < -0.4 is 5.32 Å². The number of benzene rings is 1. The third-order valence-electron chi connectivity index (χ3n) is 7.14. The van der Waals surface area contributed by atoms with Gasteiger partial charge in [0.2, 0.25) is 23.5 Å². The van der Waals surface area contributed by atoms with Crippen LogP contribution in [0.1, 0.15) is 38.0 Å². The number of likely N-dealkylation sites (tertiary alicyclic amines) is 1. The van der Waals surface area contributed by atoms with Crippen LogP contribution in [-0.2, 0) is 15.0 Å². The monoisotopic (exact) mass is 448 g/mol. The van der Waals surface area contributed by atoms with Crippen LogP contribution in [0.3, 0.4) is 0 Å². The summed E-state index contributed by atoms with van der Waals surface area (Å²) in [5, 5.41) is 6.10. The summed E-state index contributed by atoms with van der Waals surface area (Å²) in [7, 11) is 0. The van der Waals surface area contributed by atoms with Gasteiger partial charge in [-0.1, -0.05) is 41.9 Å². The zero-order valence-electron chi connectivity index (χ0n) is 17.3. The predicted molar refractivity (Wildman–Crippen MR) is 106 cm³/mol. The highest BCUT2D eigenvalue weighted by Crippen LogP contribution is 2.50. The van der Waals surface area contributed by atoms with E-state index in [1.807, 2.05) is 35.6 Å². The van der Waals surface area contributed by atoms with E-state index in [-0.39, 0.29) is 18.8 Å². The summed E-state index contributed by atoms with van der Waals surface area (Å²) >= 11 is 0. The van der Waals surface area contributed by atoms with Crippen LogP contribution in [0.15, 0.2) is 34.9 Å². The zero-order valence-corrected chi connectivity index (χ0v) is 17.3. The van der Waals surface area contributed by atoms with Gasteiger partial charge in [0.1, 0.15) is 12.0 Å². The third-order valence-corrected chi connectivity index (χ3v) is 7.14. The molecule has 4 atom stereocenters. The molecule has 2 aliphatic heterocycles. The van der Waals surface area contributed by atoms with Gasteiger partial charge in [-0.25, -0.2) is 0 Å². The van der Waals surface area contributed by atoms with Crippen LogP contribution >= 0.6 is 0 Å². The van der Waals surface area contributed by atoms with Crippen LogP contribution in [0, 0.1) is 11.8 Å². The van der Waals surface area contributed by atoms with Crippen molar-refractivity contribution in [2.45, 2.75) is 49.7 Å². The van der Waals surface area contributed by atoms with Gasteiger partial charge in [0.05, 0.1) is 5.41 Å². The number of aromatic nitrogens is 2. The van der Waals surface area contributed by atoms with Crippen molar-refractivity contribution in [3.05, 3.63) is 36.2 Å². The largest absolute Gasteiger partial charge is 0.408 e. The Labute approximate surface area is 182 Å². The maximum Gasteiger partial charge on any atom is 0.408 e. The molecular formula is C22H23F3N4O3. The molecule has 3 heterocycles. The van der Waals surface area contributed by atoms with Gasteiger partial charge in [-0.05, 0) is 31.6 Å². The molecule has 0 radical (unpaired) electrons. The molecule has 1 saturated carbocycles. The number of fused-ring (bicyclic) bond motifs is 1. The second-order valence-corrected chi connectivity index (χ2v) is 8.99. The second-order valence-electron chi connectivity index (χ2n) is 8.99. The summed E-state index contributed by atoms with van der Waals surface area (Å²) in [4.78, 5) is 31.7. The van der Waals surface area contributed by atoms with E-state index in [9.17, 15) is 22.8 Å². The Balaban J connectivity index is 1.34. The molecular weight excluding hydrogens is 425 g/mol. The van der Waals surface area contributed by atoms with Crippen molar-refractivity contribution >= 4 is 11.8 Å². The number of hydrogen-bond acceptors (Lipinski definition) is 5. The molecule has 5 rings (SSSR count). The third kappa shape index (κ3) is 3.45. The van der Waals surface area contributed by atoms with Crippen LogP contribution in [0.5, 0.6) is 0 Å². The molecule has 1 aliphatic carbocycles. The highest BCUT2D eigenvalue weighted by molar-refractivity contribution is 6.01. The lowest BCUT2D eigenvalue weighted by atomic mass is 9.80. The maximum absolute atomic E-state index is 13.1. The number of nitrogens with one attached hydrogen (secondary N) is 1. The number of piperidine rings is 1. The molecule has 3 fully saturated rings. The SMILES string of the molecule is O=C1N[C@H](C(F)(F)F)CC[C@@H]1C(=O)N1C[C@H]2CCC[C@@]2(c2nc(-c3ccccc3)no2)C1. The van der Waals surface area contributed by atoms with Crippen molar-refractivity contribution in [1.29, 1.82) is 0 Å². The van der Waals surface area contributed by atoms with E-state index in [0.717, 1.165) is 24.8 Å². The molecule has 2 amide bonds. The molecule has 32 heavy (non-hydrogen) atoms. The molecule has 2 saturated heterocycles. The highest BCUT2D eigenvalue weighted by atomic mass is 19.4. The Hall–Kier alpha value is -2.91. The van der Waals surface area contributed by atoms with Crippen LogP contribution in [0.25, 0.3) is 11.4 Å². The first-order valence-corrected chi connectivity index (χ1v) is 10.8. The van der Waals surface area contributed by atoms with Crippen molar-refractivity contribution in [3.63, 3.8) is 0 Å². The summed E-state index contributed by atoms with van der Waals surface area (Å²) < 4.78 is 44.4. The Morgan fingerprint density at radius 3 is 2.69 bits per heavy atom. The van der Waals surface area contributed by atoms with Gasteiger partial charge in [-0.2, -0.15) is 18.2 Å². The van der Waals surface area contributed by atoms with Gasteiger partial charge >= 0.3 is 6.18 Å². The van der Waals surface area contributed by atoms with Crippen LogP contribution in [0.2, 0.25) is 0 Å². The van der Waals surface area contributed by atoms with Crippen molar-refractivity contribution in [2.24, 2.45) is 11.8 Å². The van der Waals surface area contributed by atoms with E-state index in [2.05, 4.69) is 10.1 Å². The van der Waals surface area contributed by atoms with Crippen LogP contribution in [-0.4, -0.2) is 52.2 Å². The van der Waals surface area contributed by atoms with Gasteiger partial charge in [0.25, 0.3) is 0 Å². The van der Waals surface area contributed by atoms with Gasteiger partial charge in [0.15, 0.2) is 0 Å². The van der Waals surface area contributed by atoms with Crippen molar-refractivity contribution in [2.75, 3.05) is 13.1 Å². The fourth-order valence-electron chi connectivity index (χ4n) is 5.45. The molecule has 0 bridgehead atoms. The first kappa shape index (κ1) is 21.0.